The van der Waals surface area contributed by atoms with Crippen LogP contribution in [0.4, 0.5) is 0 Å². The molecule has 1 N–H and O–H groups in total. The highest BCUT2D eigenvalue weighted by Gasteiger charge is 2.31. The molecule has 0 saturated carbocycles. The fourth-order valence-corrected chi connectivity index (χ4v) is 4.56. The molecule has 0 radical (unpaired) electrons. The van der Waals surface area contributed by atoms with Gasteiger partial charge in [-0.2, -0.15) is 0 Å². The molecule has 0 bridgehead atoms. The summed E-state index contributed by atoms with van der Waals surface area (Å²) in [4.78, 5) is 28.2. The van der Waals surface area contributed by atoms with Crippen molar-refractivity contribution in [1.82, 2.24) is 10.2 Å². The minimum Gasteiger partial charge on any atom is -0.341 e. The number of hydrogen-bond donors (Lipinski definition) is 1. The van der Waals surface area contributed by atoms with Crippen molar-refractivity contribution in [3.63, 3.8) is 0 Å². The molecule has 5 heteroatoms. The van der Waals surface area contributed by atoms with E-state index in [2.05, 4.69) is 17.4 Å². The number of piperidine rings is 1. The molecule has 2 amide bonds. The number of carbonyl (C=O) groups excluding carboxylic acids is 2. The first-order chi connectivity index (χ1) is 15.4. The Kier molecular flexibility index (Phi) is 6.80. The van der Waals surface area contributed by atoms with Crippen LogP contribution in [0.5, 0.6) is 0 Å². The normalized spacial score (nSPS) is 15.7. The van der Waals surface area contributed by atoms with Crippen LogP contribution in [0, 0.1) is 5.92 Å². The second kappa shape index (κ2) is 9.74. The van der Waals surface area contributed by atoms with Gasteiger partial charge in [0.05, 0.1) is 0 Å². The van der Waals surface area contributed by atoms with Gasteiger partial charge in [-0.25, -0.2) is 0 Å². The predicted octanol–water partition coefficient (Wildman–Crippen LogP) is 5.65. The lowest BCUT2D eigenvalue weighted by Gasteiger charge is -2.35. The molecule has 1 aliphatic heterocycles. The minimum atomic E-state index is -0.541. The highest BCUT2D eigenvalue weighted by molar-refractivity contribution is 6.30. The van der Waals surface area contributed by atoms with Gasteiger partial charge in [-0.1, -0.05) is 67.9 Å². The van der Waals surface area contributed by atoms with Crippen LogP contribution in [-0.4, -0.2) is 35.8 Å². The standard InChI is InChI=1S/C27H29ClN2O2/c1-18(2)25(29-26(31)23-8-7-19-5-3-4-6-22(19)17-23)27(32)30-15-13-21(14-16-30)20-9-11-24(28)12-10-20/h3-12,17-18,21,25H,13-16H2,1-2H3,(H,29,31). The second-order valence-electron chi connectivity index (χ2n) is 8.91. The van der Waals surface area contributed by atoms with Gasteiger partial charge in [0.2, 0.25) is 5.91 Å². The second-order valence-corrected chi connectivity index (χ2v) is 9.34. The Morgan fingerprint density at radius 1 is 0.938 bits per heavy atom. The third kappa shape index (κ3) is 4.97. The molecule has 1 unspecified atom stereocenters. The molecule has 0 aromatic heterocycles. The van der Waals surface area contributed by atoms with E-state index in [1.807, 2.05) is 73.3 Å². The molecule has 1 saturated heterocycles. The van der Waals surface area contributed by atoms with Gasteiger partial charge in [0.25, 0.3) is 5.91 Å². The molecular formula is C27H29ClN2O2. The van der Waals surface area contributed by atoms with Crippen molar-refractivity contribution in [2.45, 2.75) is 38.6 Å². The average molecular weight is 449 g/mol. The first-order valence-corrected chi connectivity index (χ1v) is 11.6. The number of likely N-dealkylation sites (tertiary alicyclic amines) is 1. The Morgan fingerprint density at radius 3 is 2.25 bits per heavy atom. The largest absolute Gasteiger partial charge is 0.341 e. The van der Waals surface area contributed by atoms with Crippen LogP contribution in [0.25, 0.3) is 10.8 Å². The van der Waals surface area contributed by atoms with Gasteiger partial charge in [0.1, 0.15) is 6.04 Å². The van der Waals surface area contributed by atoms with Crippen LogP contribution in [0.15, 0.2) is 66.7 Å². The molecule has 1 aliphatic rings. The molecule has 4 nitrogen and oxygen atoms in total. The quantitative estimate of drug-likeness (QED) is 0.548. The summed E-state index contributed by atoms with van der Waals surface area (Å²) >= 11 is 6.01. The number of carbonyl (C=O) groups is 2. The highest BCUT2D eigenvalue weighted by atomic mass is 35.5. The lowest BCUT2D eigenvalue weighted by Crippen LogP contribution is -2.52. The first kappa shape index (κ1) is 22.3. The van der Waals surface area contributed by atoms with Crippen molar-refractivity contribution in [3.05, 3.63) is 82.9 Å². The van der Waals surface area contributed by atoms with E-state index in [0.29, 0.717) is 24.6 Å². The number of halogens is 1. The topological polar surface area (TPSA) is 49.4 Å². The van der Waals surface area contributed by atoms with Crippen LogP contribution in [0.3, 0.4) is 0 Å². The summed E-state index contributed by atoms with van der Waals surface area (Å²) in [7, 11) is 0. The summed E-state index contributed by atoms with van der Waals surface area (Å²) in [5.41, 5.74) is 1.84. The molecule has 32 heavy (non-hydrogen) atoms. The molecule has 1 atom stereocenters. The van der Waals surface area contributed by atoms with Crippen LogP contribution in [-0.2, 0) is 4.79 Å². The van der Waals surface area contributed by atoms with E-state index in [4.69, 9.17) is 11.6 Å². The van der Waals surface area contributed by atoms with Gasteiger partial charge in [-0.15, -0.1) is 0 Å². The summed E-state index contributed by atoms with van der Waals surface area (Å²) in [5.74, 6) is 0.226. The number of nitrogens with zero attached hydrogens (tertiary/aromatic N) is 1. The molecule has 166 valence electrons. The van der Waals surface area contributed by atoms with E-state index in [1.165, 1.54) is 5.56 Å². The Labute approximate surface area is 194 Å². The first-order valence-electron chi connectivity index (χ1n) is 11.3. The number of hydrogen-bond acceptors (Lipinski definition) is 2. The predicted molar refractivity (Wildman–Crippen MR) is 130 cm³/mol. The molecule has 1 heterocycles. The zero-order chi connectivity index (χ0) is 22.7. The number of benzene rings is 3. The van der Waals surface area contributed by atoms with E-state index in [0.717, 1.165) is 28.6 Å². The zero-order valence-corrected chi connectivity index (χ0v) is 19.3. The molecule has 0 aliphatic carbocycles. The number of nitrogens with one attached hydrogen (secondary N) is 1. The minimum absolute atomic E-state index is 0.000829. The van der Waals surface area contributed by atoms with Crippen LogP contribution < -0.4 is 5.32 Å². The number of rotatable bonds is 5. The maximum absolute atomic E-state index is 13.3. The average Bonchev–Trinajstić information content (AvgIpc) is 2.82. The van der Waals surface area contributed by atoms with E-state index < -0.39 is 6.04 Å². The highest BCUT2D eigenvalue weighted by Crippen LogP contribution is 2.29. The smallest absolute Gasteiger partial charge is 0.251 e. The molecular weight excluding hydrogens is 420 g/mol. The van der Waals surface area contributed by atoms with Gasteiger partial charge < -0.3 is 10.2 Å². The van der Waals surface area contributed by atoms with Gasteiger partial charge in [0.15, 0.2) is 0 Å². The van der Waals surface area contributed by atoms with Crippen molar-refractivity contribution in [2.24, 2.45) is 5.92 Å². The van der Waals surface area contributed by atoms with Crippen molar-refractivity contribution < 1.29 is 9.59 Å². The third-order valence-corrected chi connectivity index (χ3v) is 6.63. The Hall–Kier alpha value is -2.85. The van der Waals surface area contributed by atoms with Crippen molar-refractivity contribution in [2.75, 3.05) is 13.1 Å². The Balaban J connectivity index is 1.41. The van der Waals surface area contributed by atoms with Gasteiger partial charge in [-0.05, 0) is 65.3 Å². The van der Waals surface area contributed by atoms with Gasteiger partial charge >= 0.3 is 0 Å². The van der Waals surface area contributed by atoms with Gasteiger partial charge in [0, 0.05) is 23.7 Å². The van der Waals surface area contributed by atoms with Gasteiger partial charge in [-0.3, -0.25) is 9.59 Å². The number of fused-ring (bicyclic) bond motifs is 1. The summed E-state index contributed by atoms with van der Waals surface area (Å²) in [6.45, 7) is 5.34. The molecule has 0 spiro atoms. The van der Waals surface area contributed by atoms with E-state index in [-0.39, 0.29) is 17.7 Å². The summed E-state index contributed by atoms with van der Waals surface area (Å²) in [6.07, 6.45) is 1.83. The zero-order valence-electron chi connectivity index (χ0n) is 18.6. The maximum atomic E-state index is 13.3. The van der Waals surface area contributed by atoms with Crippen LogP contribution in [0.2, 0.25) is 5.02 Å². The molecule has 3 aromatic rings. The van der Waals surface area contributed by atoms with Crippen LogP contribution >= 0.6 is 11.6 Å². The lowest BCUT2D eigenvalue weighted by molar-refractivity contribution is -0.135. The van der Waals surface area contributed by atoms with E-state index in [1.54, 1.807) is 0 Å². The lowest BCUT2D eigenvalue weighted by atomic mass is 9.89. The monoisotopic (exact) mass is 448 g/mol. The van der Waals surface area contributed by atoms with Crippen molar-refractivity contribution in [1.29, 1.82) is 0 Å². The van der Waals surface area contributed by atoms with E-state index in [9.17, 15) is 9.59 Å². The Morgan fingerprint density at radius 2 is 1.59 bits per heavy atom. The SMILES string of the molecule is CC(C)C(NC(=O)c1ccc2ccccc2c1)C(=O)N1CCC(c2ccc(Cl)cc2)CC1. The van der Waals surface area contributed by atoms with Crippen molar-refractivity contribution in [3.8, 4) is 0 Å². The molecule has 4 rings (SSSR count). The summed E-state index contributed by atoms with van der Waals surface area (Å²) in [6, 6.07) is 21.0. The fourth-order valence-electron chi connectivity index (χ4n) is 4.43. The summed E-state index contributed by atoms with van der Waals surface area (Å²) < 4.78 is 0. The van der Waals surface area contributed by atoms with Crippen molar-refractivity contribution >= 4 is 34.2 Å². The maximum Gasteiger partial charge on any atom is 0.251 e. The third-order valence-electron chi connectivity index (χ3n) is 6.38. The number of amides is 2. The molecule has 3 aromatic carbocycles. The van der Waals surface area contributed by atoms with Crippen LogP contribution in [0.1, 0.15) is 48.5 Å². The summed E-state index contributed by atoms with van der Waals surface area (Å²) in [5, 5.41) is 5.84. The fraction of sp³-hybridized carbons (Fsp3) is 0.333. The Bertz CT molecular complexity index is 1100. The van der Waals surface area contributed by atoms with E-state index >= 15 is 0 Å². The molecule has 1 fully saturated rings.